The van der Waals surface area contributed by atoms with Gasteiger partial charge in [-0.1, -0.05) is 6.07 Å². The van der Waals surface area contributed by atoms with Crippen molar-refractivity contribution in [2.75, 3.05) is 19.3 Å². The second-order valence-electron chi connectivity index (χ2n) is 10.0. The number of ether oxygens (including phenoxy) is 1. The summed E-state index contributed by atoms with van der Waals surface area (Å²) in [6, 6.07) is 6.70. The van der Waals surface area contributed by atoms with Crippen LogP contribution in [0.15, 0.2) is 30.5 Å². The maximum atomic E-state index is 15.0. The Morgan fingerprint density at radius 2 is 1.87 bits per heavy atom. The van der Waals surface area contributed by atoms with E-state index in [9.17, 15) is 12.8 Å². The highest BCUT2D eigenvalue weighted by Crippen LogP contribution is 2.42. The predicted octanol–water partition coefficient (Wildman–Crippen LogP) is 4.39. The van der Waals surface area contributed by atoms with Gasteiger partial charge in [0.1, 0.15) is 17.2 Å². The number of hydrogen-bond donors (Lipinski definition) is 0. The van der Waals surface area contributed by atoms with Crippen LogP contribution in [0.4, 0.5) is 4.39 Å². The molecular formula is C24H31FN2O3S. The Morgan fingerprint density at radius 3 is 2.45 bits per heavy atom. The first-order chi connectivity index (χ1) is 14.4. The summed E-state index contributed by atoms with van der Waals surface area (Å²) >= 11 is 0. The van der Waals surface area contributed by atoms with E-state index < -0.39 is 9.84 Å². The van der Waals surface area contributed by atoms with Gasteiger partial charge in [-0.05, 0) is 69.7 Å². The lowest BCUT2D eigenvalue weighted by atomic mass is 9.81. The average Bonchev–Trinajstić information content (AvgIpc) is 2.67. The topological polar surface area (TPSA) is 59.5 Å². The number of nitrogens with zero attached hydrogens (tertiary/aromatic N) is 2. The van der Waals surface area contributed by atoms with Gasteiger partial charge in [-0.2, -0.15) is 0 Å². The Kier molecular flexibility index (Phi) is 5.63. The van der Waals surface area contributed by atoms with Crippen molar-refractivity contribution in [3.05, 3.63) is 47.4 Å². The maximum Gasteiger partial charge on any atom is 0.151 e. The molecule has 0 radical (unpaired) electrons. The molecule has 0 saturated carbocycles. The number of sulfone groups is 1. The number of aromatic nitrogens is 1. The molecule has 1 aromatic heterocycles. The zero-order valence-corrected chi connectivity index (χ0v) is 19.6. The van der Waals surface area contributed by atoms with E-state index in [1.165, 1.54) is 18.5 Å². The highest BCUT2D eigenvalue weighted by atomic mass is 32.2. The van der Waals surface area contributed by atoms with Crippen LogP contribution < -0.4 is 4.74 Å². The second kappa shape index (κ2) is 7.85. The van der Waals surface area contributed by atoms with Crippen molar-refractivity contribution in [2.45, 2.75) is 63.3 Å². The smallest absolute Gasteiger partial charge is 0.151 e. The van der Waals surface area contributed by atoms with Crippen LogP contribution in [0.3, 0.4) is 0 Å². The number of pyridine rings is 1. The molecule has 4 rings (SSSR count). The second-order valence-corrected chi connectivity index (χ2v) is 12.1. The minimum absolute atomic E-state index is 0.0739. The molecule has 7 heteroatoms. The molecule has 1 aromatic carbocycles. The third-order valence-electron chi connectivity index (χ3n) is 6.48. The van der Waals surface area contributed by atoms with Crippen LogP contribution in [0.2, 0.25) is 0 Å². The molecule has 0 bridgehead atoms. The highest BCUT2D eigenvalue weighted by Gasteiger charge is 2.41. The van der Waals surface area contributed by atoms with E-state index in [0.717, 1.165) is 44.3 Å². The van der Waals surface area contributed by atoms with Crippen LogP contribution in [0, 0.1) is 5.82 Å². The van der Waals surface area contributed by atoms with Crippen molar-refractivity contribution in [1.82, 2.24) is 9.88 Å². The lowest BCUT2D eigenvalue weighted by molar-refractivity contribution is -0.0357. The Labute approximate surface area is 184 Å². The molecule has 31 heavy (non-hydrogen) atoms. The summed E-state index contributed by atoms with van der Waals surface area (Å²) in [5.41, 5.74) is 2.47. The standard InChI is InChI=1S/C24H31FN2O3S/c1-23(2,3)27-11-9-24(10-12-27)8-7-18-13-19(20(25)14-22(18)30-24)21-6-5-17(15-26-21)16-31(4,28)29/h5-6,13-15H,7-12,16H2,1-4H3. The van der Waals surface area contributed by atoms with E-state index in [1.807, 2.05) is 6.07 Å². The number of rotatable bonds is 3. The fourth-order valence-corrected chi connectivity index (χ4v) is 5.42. The van der Waals surface area contributed by atoms with Gasteiger partial charge in [0.25, 0.3) is 0 Å². The molecule has 0 atom stereocenters. The zero-order valence-electron chi connectivity index (χ0n) is 18.7. The van der Waals surface area contributed by atoms with E-state index in [0.29, 0.717) is 22.6 Å². The molecule has 1 fully saturated rings. The van der Waals surface area contributed by atoms with Crippen LogP contribution in [0.5, 0.6) is 5.75 Å². The molecule has 3 heterocycles. The molecule has 1 spiro atoms. The molecule has 5 nitrogen and oxygen atoms in total. The summed E-state index contributed by atoms with van der Waals surface area (Å²) in [5, 5.41) is 0. The first-order valence-corrected chi connectivity index (χ1v) is 12.9. The van der Waals surface area contributed by atoms with Gasteiger partial charge < -0.3 is 4.74 Å². The van der Waals surface area contributed by atoms with Crippen LogP contribution >= 0.6 is 0 Å². The van der Waals surface area contributed by atoms with Crippen molar-refractivity contribution in [1.29, 1.82) is 0 Å². The van der Waals surface area contributed by atoms with Crippen LogP contribution in [-0.4, -0.2) is 48.8 Å². The van der Waals surface area contributed by atoms with Crippen LogP contribution in [0.25, 0.3) is 11.3 Å². The summed E-state index contributed by atoms with van der Waals surface area (Å²) in [6.07, 6.45) is 6.38. The number of fused-ring (bicyclic) bond motifs is 1. The number of piperidine rings is 1. The lowest BCUT2D eigenvalue weighted by Gasteiger charge is -2.48. The maximum absolute atomic E-state index is 15.0. The monoisotopic (exact) mass is 446 g/mol. The Balaban J connectivity index is 1.53. The molecule has 2 aromatic rings. The van der Waals surface area contributed by atoms with E-state index in [1.54, 1.807) is 12.1 Å². The normalized spacial score (nSPS) is 19.1. The molecule has 1 saturated heterocycles. The highest BCUT2D eigenvalue weighted by molar-refractivity contribution is 7.89. The van der Waals surface area contributed by atoms with Gasteiger partial charge in [0.05, 0.1) is 11.4 Å². The fourth-order valence-electron chi connectivity index (χ4n) is 4.64. The van der Waals surface area contributed by atoms with E-state index >= 15 is 0 Å². The van der Waals surface area contributed by atoms with E-state index in [4.69, 9.17) is 4.74 Å². The minimum atomic E-state index is -3.13. The Hall–Kier alpha value is -1.99. The summed E-state index contributed by atoms with van der Waals surface area (Å²) in [5.74, 6) is 0.201. The third kappa shape index (κ3) is 4.93. The average molecular weight is 447 g/mol. The summed E-state index contributed by atoms with van der Waals surface area (Å²) in [7, 11) is -3.13. The molecule has 0 aliphatic carbocycles. The zero-order chi connectivity index (χ0) is 22.4. The SMILES string of the molecule is CC(C)(C)N1CCC2(CCc3cc(-c4ccc(CS(C)(=O)=O)cn4)c(F)cc3O2)CC1. The third-order valence-corrected chi connectivity index (χ3v) is 7.34. The number of halogens is 1. The van der Waals surface area contributed by atoms with Gasteiger partial charge >= 0.3 is 0 Å². The largest absolute Gasteiger partial charge is 0.487 e. The summed E-state index contributed by atoms with van der Waals surface area (Å²) in [6.45, 7) is 8.69. The number of likely N-dealkylation sites (tertiary alicyclic amines) is 1. The van der Waals surface area contributed by atoms with Crippen molar-refractivity contribution < 1.29 is 17.5 Å². The van der Waals surface area contributed by atoms with Gasteiger partial charge in [-0.15, -0.1) is 0 Å². The van der Waals surface area contributed by atoms with Gasteiger partial charge in [-0.25, -0.2) is 12.8 Å². The number of hydrogen-bond acceptors (Lipinski definition) is 5. The molecular weight excluding hydrogens is 415 g/mol. The van der Waals surface area contributed by atoms with Crippen molar-refractivity contribution in [2.24, 2.45) is 0 Å². The summed E-state index contributed by atoms with van der Waals surface area (Å²) in [4.78, 5) is 6.79. The quantitative estimate of drug-likeness (QED) is 0.700. The van der Waals surface area contributed by atoms with Crippen LogP contribution in [0.1, 0.15) is 51.2 Å². The first-order valence-electron chi connectivity index (χ1n) is 10.8. The Morgan fingerprint density at radius 1 is 1.16 bits per heavy atom. The van der Waals surface area contributed by atoms with Gasteiger partial charge in [0.15, 0.2) is 9.84 Å². The van der Waals surface area contributed by atoms with Gasteiger partial charge in [-0.3, -0.25) is 9.88 Å². The summed E-state index contributed by atoms with van der Waals surface area (Å²) < 4.78 is 44.3. The molecule has 0 unspecified atom stereocenters. The van der Waals surface area contributed by atoms with E-state index in [2.05, 4.69) is 30.7 Å². The number of aryl methyl sites for hydroxylation is 1. The predicted molar refractivity (Wildman–Crippen MR) is 120 cm³/mol. The van der Waals surface area contributed by atoms with Crippen LogP contribution in [-0.2, 0) is 22.0 Å². The first kappa shape index (κ1) is 22.2. The minimum Gasteiger partial charge on any atom is -0.487 e. The van der Waals surface area contributed by atoms with E-state index in [-0.39, 0.29) is 22.7 Å². The molecule has 0 N–H and O–H groups in total. The van der Waals surface area contributed by atoms with Crippen molar-refractivity contribution in [3.8, 4) is 17.0 Å². The van der Waals surface area contributed by atoms with Gasteiger partial charge in [0.2, 0.25) is 0 Å². The molecule has 168 valence electrons. The van der Waals surface area contributed by atoms with Crippen molar-refractivity contribution >= 4 is 9.84 Å². The lowest BCUT2D eigenvalue weighted by Crippen LogP contribution is -2.54. The molecule has 2 aliphatic heterocycles. The number of benzene rings is 1. The van der Waals surface area contributed by atoms with Crippen molar-refractivity contribution in [3.63, 3.8) is 0 Å². The molecule has 0 amide bonds. The van der Waals surface area contributed by atoms with Gasteiger partial charge in [0, 0.05) is 42.7 Å². The molecule has 2 aliphatic rings. The Bertz CT molecular complexity index is 1070. The fraction of sp³-hybridized carbons (Fsp3) is 0.542.